The van der Waals surface area contributed by atoms with Gasteiger partial charge in [-0.05, 0) is 53.0 Å². The van der Waals surface area contributed by atoms with Crippen molar-refractivity contribution in [3.05, 3.63) is 115 Å². The van der Waals surface area contributed by atoms with Gasteiger partial charge in [-0.25, -0.2) is 14.2 Å². The Hall–Kier alpha value is -3.89. The third-order valence-corrected chi connectivity index (χ3v) is 6.63. The maximum absolute atomic E-state index is 15.4. The second-order valence-corrected chi connectivity index (χ2v) is 9.32. The van der Waals surface area contributed by atoms with Crippen molar-refractivity contribution < 1.29 is 9.13 Å². The molecular weight excluding hydrogens is 541 g/mol. The topological polar surface area (TPSA) is 83.9 Å². The Balaban J connectivity index is 1.55. The standard InChI is InChI=1S/C27H23BrFN5O3/c1-3-32-23(16-37-15-18-10-5-4-6-11-18)31-34(27(32)36)25-21(29)13-19-24(30-25)20(28)14-33(26(19)35)22-12-8-7-9-17(22)2/h4-14H,3,15-16H2,1-2H3. The number of benzene rings is 2. The SMILES string of the molecule is CCn1c(COCc2ccccc2)nn(-c2nc3c(Br)cn(-c4ccccc4C)c(=O)c3cc2F)c1=O. The molecule has 5 rings (SSSR count). The number of hydrogen-bond acceptors (Lipinski definition) is 5. The van der Waals surface area contributed by atoms with Crippen molar-refractivity contribution >= 4 is 26.8 Å². The highest BCUT2D eigenvalue weighted by molar-refractivity contribution is 9.10. The monoisotopic (exact) mass is 563 g/mol. The van der Waals surface area contributed by atoms with E-state index in [1.165, 1.54) is 9.13 Å². The summed E-state index contributed by atoms with van der Waals surface area (Å²) in [5, 5.41) is 4.40. The maximum atomic E-state index is 15.4. The van der Waals surface area contributed by atoms with Crippen LogP contribution >= 0.6 is 15.9 Å². The summed E-state index contributed by atoms with van der Waals surface area (Å²) in [7, 11) is 0. The molecule has 3 aromatic heterocycles. The fourth-order valence-electron chi connectivity index (χ4n) is 4.18. The summed E-state index contributed by atoms with van der Waals surface area (Å²) < 4.78 is 25.4. The van der Waals surface area contributed by atoms with Crippen LogP contribution in [0.5, 0.6) is 0 Å². The molecule has 3 heterocycles. The lowest BCUT2D eigenvalue weighted by Crippen LogP contribution is -2.26. The van der Waals surface area contributed by atoms with Gasteiger partial charge < -0.3 is 4.74 Å². The molecule has 0 aliphatic rings. The molecule has 0 aliphatic heterocycles. The molecule has 0 spiro atoms. The quantitative estimate of drug-likeness (QED) is 0.287. The lowest BCUT2D eigenvalue weighted by molar-refractivity contribution is 0.0989. The van der Waals surface area contributed by atoms with Crippen LogP contribution < -0.4 is 11.2 Å². The summed E-state index contributed by atoms with van der Waals surface area (Å²) in [6.07, 6.45) is 1.60. The minimum Gasteiger partial charge on any atom is -0.369 e. The van der Waals surface area contributed by atoms with Crippen molar-refractivity contribution in [1.29, 1.82) is 0 Å². The second kappa shape index (κ2) is 10.2. The number of ether oxygens (including phenoxy) is 1. The average Bonchev–Trinajstić information content (AvgIpc) is 3.21. The summed E-state index contributed by atoms with van der Waals surface area (Å²) >= 11 is 3.47. The average molecular weight is 564 g/mol. The van der Waals surface area contributed by atoms with E-state index in [-0.39, 0.29) is 23.3 Å². The van der Waals surface area contributed by atoms with Gasteiger partial charge in [-0.15, -0.1) is 5.10 Å². The van der Waals surface area contributed by atoms with Gasteiger partial charge in [0.1, 0.15) is 6.61 Å². The van der Waals surface area contributed by atoms with Crippen LogP contribution in [0.4, 0.5) is 4.39 Å². The summed E-state index contributed by atoms with van der Waals surface area (Å²) in [4.78, 5) is 30.7. The number of rotatable bonds is 7. The van der Waals surface area contributed by atoms with E-state index in [2.05, 4.69) is 26.0 Å². The van der Waals surface area contributed by atoms with Gasteiger partial charge >= 0.3 is 5.69 Å². The summed E-state index contributed by atoms with van der Waals surface area (Å²) in [6, 6.07) is 18.1. The van der Waals surface area contributed by atoms with E-state index < -0.39 is 17.1 Å². The highest BCUT2D eigenvalue weighted by Crippen LogP contribution is 2.24. The smallest absolute Gasteiger partial charge is 0.352 e. The molecular formula is C27H23BrFN5O3. The molecule has 5 aromatic rings. The van der Waals surface area contributed by atoms with Gasteiger partial charge in [0.25, 0.3) is 5.56 Å². The zero-order chi connectivity index (χ0) is 26.1. The number of fused-ring (bicyclic) bond motifs is 1. The van der Waals surface area contributed by atoms with Crippen LogP contribution in [-0.2, 0) is 24.5 Å². The van der Waals surface area contributed by atoms with Crippen molar-refractivity contribution in [2.75, 3.05) is 0 Å². The molecule has 0 bridgehead atoms. The van der Waals surface area contributed by atoms with Crippen LogP contribution in [0.15, 0.2) is 80.9 Å². The Morgan fingerprint density at radius 2 is 1.76 bits per heavy atom. The Morgan fingerprint density at radius 1 is 1.03 bits per heavy atom. The zero-order valence-corrected chi connectivity index (χ0v) is 21.8. The summed E-state index contributed by atoms with van der Waals surface area (Å²) in [5.74, 6) is -0.778. The lowest BCUT2D eigenvalue weighted by Gasteiger charge is -2.12. The van der Waals surface area contributed by atoms with Crippen LogP contribution in [0.1, 0.15) is 23.9 Å². The molecule has 37 heavy (non-hydrogen) atoms. The predicted molar refractivity (Wildman–Crippen MR) is 142 cm³/mol. The van der Waals surface area contributed by atoms with E-state index in [1.54, 1.807) is 13.1 Å². The van der Waals surface area contributed by atoms with E-state index in [9.17, 15) is 9.59 Å². The van der Waals surface area contributed by atoms with Crippen LogP contribution in [-0.4, -0.2) is 23.9 Å². The normalized spacial score (nSPS) is 11.4. The van der Waals surface area contributed by atoms with Crippen LogP contribution in [0, 0.1) is 12.7 Å². The molecule has 0 radical (unpaired) electrons. The summed E-state index contributed by atoms with van der Waals surface area (Å²) in [5.41, 5.74) is 1.81. The first-order valence-corrected chi connectivity index (χ1v) is 12.5. The largest absolute Gasteiger partial charge is 0.369 e. The number of para-hydroxylation sites is 1. The zero-order valence-electron chi connectivity index (χ0n) is 20.2. The molecule has 0 saturated carbocycles. The van der Waals surface area contributed by atoms with E-state index in [4.69, 9.17) is 4.74 Å². The highest BCUT2D eigenvalue weighted by Gasteiger charge is 2.21. The molecule has 2 aromatic carbocycles. The van der Waals surface area contributed by atoms with Crippen LogP contribution in [0.25, 0.3) is 22.4 Å². The molecule has 0 atom stereocenters. The first kappa shape index (κ1) is 24.8. The van der Waals surface area contributed by atoms with Gasteiger partial charge in [0.2, 0.25) is 0 Å². The number of nitrogens with zero attached hydrogens (tertiary/aromatic N) is 5. The molecule has 0 amide bonds. The van der Waals surface area contributed by atoms with Gasteiger partial charge in [0.05, 0.1) is 27.7 Å². The number of pyridine rings is 2. The third kappa shape index (κ3) is 4.65. The van der Waals surface area contributed by atoms with E-state index in [0.717, 1.165) is 21.9 Å². The fourth-order valence-corrected chi connectivity index (χ4v) is 4.69. The van der Waals surface area contributed by atoms with E-state index in [1.807, 2.05) is 61.5 Å². The van der Waals surface area contributed by atoms with Crippen LogP contribution in [0.2, 0.25) is 0 Å². The molecule has 8 nitrogen and oxygen atoms in total. The van der Waals surface area contributed by atoms with Gasteiger partial charge in [0.15, 0.2) is 17.5 Å². The van der Waals surface area contributed by atoms with E-state index in [0.29, 0.717) is 29.1 Å². The minimum absolute atomic E-state index is 0.0605. The third-order valence-electron chi connectivity index (χ3n) is 6.05. The van der Waals surface area contributed by atoms with Crippen molar-refractivity contribution in [3.63, 3.8) is 0 Å². The van der Waals surface area contributed by atoms with Crippen molar-refractivity contribution in [3.8, 4) is 11.5 Å². The number of halogens is 2. The van der Waals surface area contributed by atoms with Gasteiger partial charge in [-0.1, -0.05) is 48.5 Å². The first-order valence-electron chi connectivity index (χ1n) is 11.7. The fraction of sp³-hybridized carbons (Fsp3) is 0.185. The second-order valence-electron chi connectivity index (χ2n) is 8.46. The molecule has 10 heteroatoms. The highest BCUT2D eigenvalue weighted by atomic mass is 79.9. The summed E-state index contributed by atoms with van der Waals surface area (Å²) in [6.45, 7) is 4.41. The molecule has 0 N–H and O–H groups in total. The number of hydrogen-bond donors (Lipinski definition) is 0. The molecule has 0 aliphatic carbocycles. The molecule has 188 valence electrons. The van der Waals surface area contributed by atoms with Crippen molar-refractivity contribution in [1.82, 2.24) is 23.9 Å². The molecule has 0 fully saturated rings. The van der Waals surface area contributed by atoms with Gasteiger partial charge in [0, 0.05) is 12.7 Å². The van der Waals surface area contributed by atoms with Crippen molar-refractivity contribution in [2.24, 2.45) is 0 Å². The number of aromatic nitrogens is 5. The predicted octanol–water partition coefficient (Wildman–Crippen LogP) is 4.68. The van der Waals surface area contributed by atoms with Crippen molar-refractivity contribution in [2.45, 2.75) is 33.6 Å². The Bertz CT molecular complexity index is 1730. The Morgan fingerprint density at radius 3 is 2.49 bits per heavy atom. The maximum Gasteiger partial charge on any atom is 0.352 e. The Labute approximate surface area is 219 Å². The number of aryl methyl sites for hydroxylation is 1. The van der Waals surface area contributed by atoms with E-state index >= 15 is 4.39 Å². The minimum atomic E-state index is -0.835. The Kier molecular flexibility index (Phi) is 6.86. The van der Waals surface area contributed by atoms with Gasteiger partial charge in [-0.3, -0.25) is 13.9 Å². The lowest BCUT2D eigenvalue weighted by atomic mass is 10.2. The van der Waals surface area contributed by atoms with Crippen LogP contribution in [0.3, 0.4) is 0 Å². The first-order chi connectivity index (χ1) is 17.9. The molecule has 0 saturated heterocycles. The molecule has 0 unspecified atom stereocenters. The van der Waals surface area contributed by atoms with Gasteiger partial charge in [-0.2, -0.15) is 4.68 Å².